The van der Waals surface area contributed by atoms with Crippen LogP contribution in [0.2, 0.25) is 5.02 Å². The van der Waals surface area contributed by atoms with E-state index in [-0.39, 0.29) is 17.6 Å². The number of aromatic nitrogens is 3. The van der Waals surface area contributed by atoms with Gasteiger partial charge in [0.2, 0.25) is 5.91 Å². The standard InChI is InChI=1S/C24H26ClN5O3S/c1-4-14-30-22(16(3)26-23(32)19-8-6-7-9-20(19)25)28-29-24(30)34-15-21(31)27-17-10-12-18(13-11-17)33-5-2/h4,6-13,16H,1,5,14-15H2,2-3H3,(H,26,32)(H,27,31)/t16-/m1/s1. The van der Waals surface area contributed by atoms with Crippen LogP contribution >= 0.6 is 23.4 Å². The smallest absolute Gasteiger partial charge is 0.253 e. The van der Waals surface area contributed by atoms with E-state index in [1.165, 1.54) is 11.8 Å². The molecule has 10 heteroatoms. The van der Waals surface area contributed by atoms with Crippen molar-refractivity contribution in [3.8, 4) is 5.75 Å². The molecule has 1 atom stereocenters. The topological polar surface area (TPSA) is 98.1 Å². The van der Waals surface area contributed by atoms with Crippen LogP contribution in [0.5, 0.6) is 5.75 Å². The molecular weight excluding hydrogens is 474 g/mol. The number of carbonyl (C=O) groups is 2. The Morgan fingerprint density at radius 1 is 1.21 bits per heavy atom. The third-order valence-corrected chi connectivity index (χ3v) is 5.99. The van der Waals surface area contributed by atoms with Gasteiger partial charge in [-0.05, 0) is 50.2 Å². The Morgan fingerprint density at radius 2 is 1.94 bits per heavy atom. The first-order valence-electron chi connectivity index (χ1n) is 10.7. The fourth-order valence-corrected chi connectivity index (χ4v) is 4.12. The number of hydrogen-bond acceptors (Lipinski definition) is 6. The highest BCUT2D eigenvalue weighted by Gasteiger charge is 2.21. The summed E-state index contributed by atoms with van der Waals surface area (Å²) in [6.07, 6.45) is 1.71. The number of halogens is 1. The first kappa shape index (κ1) is 25.3. The molecule has 34 heavy (non-hydrogen) atoms. The average Bonchev–Trinajstić information content (AvgIpc) is 3.22. The van der Waals surface area contributed by atoms with Crippen molar-refractivity contribution in [1.82, 2.24) is 20.1 Å². The summed E-state index contributed by atoms with van der Waals surface area (Å²) in [7, 11) is 0. The molecule has 0 unspecified atom stereocenters. The molecule has 0 aliphatic carbocycles. The number of allylic oxidation sites excluding steroid dienone is 1. The molecule has 8 nitrogen and oxygen atoms in total. The van der Waals surface area contributed by atoms with Gasteiger partial charge in [-0.25, -0.2) is 0 Å². The van der Waals surface area contributed by atoms with Crippen molar-refractivity contribution in [2.75, 3.05) is 17.7 Å². The highest BCUT2D eigenvalue weighted by atomic mass is 35.5. The molecule has 1 aromatic heterocycles. The number of benzene rings is 2. The van der Waals surface area contributed by atoms with Gasteiger partial charge in [0.05, 0.1) is 29.0 Å². The van der Waals surface area contributed by atoms with Gasteiger partial charge in [-0.3, -0.25) is 9.59 Å². The summed E-state index contributed by atoms with van der Waals surface area (Å²) < 4.78 is 7.23. The van der Waals surface area contributed by atoms with E-state index >= 15 is 0 Å². The minimum atomic E-state index is -0.441. The van der Waals surface area contributed by atoms with Crippen molar-refractivity contribution in [3.05, 3.63) is 77.6 Å². The molecular formula is C24H26ClN5O3S. The molecule has 0 radical (unpaired) electrons. The minimum Gasteiger partial charge on any atom is -0.494 e. The van der Waals surface area contributed by atoms with Gasteiger partial charge in [-0.15, -0.1) is 16.8 Å². The Kier molecular flexibility index (Phi) is 9.12. The zero-order valence-electron chi connectivity index (χ0n) is 19.0. The maximum Gasteiger partial charge on any atom is 0.253 e. The number of rotatable bonds is 11. The van der Waals surface area contributed by atoms with E-state index in [0.717, 1.165) is 5.75 Å². The van der Waals surface area contributed by atoms with Crippen molar-refractivity contribution < 1.29 is 14.3 Å². The molecule has 2 amide bonds. The number of nitrogens with one attached hydrogen (secondary N) is 2. The highest BCUT2D eigenvalue weighted by molar-refractivity contribution is 7.99. The minimum absolute atomic E-state index is 0.142. The van der Waals surface area contributed by atoms with E-state index in [0.29, 0.717) is 40.4 Å². The molecule has 178 valence electrons. The van der Waals surface area contributed by atoms with Crippen LogP contribution in [-0.2, 0) is 11.3 Å². The van der Waals surface area contributed by atoms with Crippen LogP contribution < -0.4 is 15.4 Å². The molecule has 0 bridgehead atoms. The van der Waals surface area contributed by atoms with Crippen molar-refractivity contribution in [3.63, 3.8) is 0 Å². The summed E-state index contributed by atoms with van der Waals surface area (Å²) in [5.74, 6) is 0.951. The van der Waals surface area contributed by atoms with E-state index in [9.17, 15) is 9.59 Å². The summed E-state index contributed by atoms with van der Waals surface area (Å²) in [4.78, 5) is 25.1. The van der Waals surface area contributed by atoms with E-state index in [1.54, 1.807) is 54.6 Å². The molecule has 0 aliphatic rings. The number of ether oxygens (including phenoxy) is 1. The van der Waals surface area contributed by atoms with Gasteiger partial charge < -0.3 is 19.9 Å². The van der Waals surface area contributed by atoms with Crippen LogP contribution in [-0.4, -0.2) is 38.9 Å². The number of anilines is 1. The Morgan fingerprint density at radius 3 is 2.62 bits per heavy atom. The lowest BCUT2D eigenvalue weighted by Gasteiger charge is -2.15. The second kappa shape index (κ2) is 12.2. The fourth-order valence-electron chi connectivity index (χ4n) is 3.14. The van der Waals surface area contributed by atoms with E-state index in [1.807, 2.05) is 18.4 Å². The molecule has 1 heterocycles. The molecule has 3 rings (SSSR count). The maximum absolute atomic E-state index is 12.6. The number of thioether (sulfide) groups is 1. The highest BCUT2D eigenvalue weighted by Crippen LogP contribution is 2.23. The van der Waals surface area contributed by atoms with Gasteiger partial charge in [0.1, 0.15) is 5.75 Å². The van der Waals surface area contributed by atoms with E-state index in [4.69, 9.17) is 16.3 Å². The average molecular weight is 500 g/mol. The zero-order chi connectivity index (χ0) is 24.5. The lowest BCUT2D eigenvalue weighted by molar-refractivity contribution is -0.113. The fraction of sp³-hybridized carbons (Fsp3) is 0.250. The molecule has 0 fully saturated rings. The maximum atomic E-state index is 12.6. The molecule has 3 aromatic rings. The largest absolute Gasteiger partial charge is 0.494 e. The van der Waals surface area contributed by atoms with Crippen LogP contribution in [0.3, 0.4) is 0 Å². The molecule has 0 saturated heterocycles. The van der Waals surface area contributed by atoms with Crippen molar-refractivity contribution >= 4 is 40.9 Å². The SMILES string of the molecule is C=CCn1c(SCC(=O)Nc2ccc(OCC)cc2)nnc1[C@@H](C)NC(=O)c1ccccc1Cl. The number of amides is 2. The molecule has 2 N–H and O–H groups in total. The normalized spacial score (nSPS) is 11.5. The van der Waals surface area contributed by atoms with E-state index in [2.05, 4.69) is 27.4 Å². The number of carbonyl (C=O) groups excluding carboxylic acids is 2. The third-order valence-electron chi connectivity index (χ3n) is 4.69. The first-order chi connectivity index (χ1) is 16.4. The summed E-state index contributed by atoms with van der Waals surface area (Å²) in [6.45, 7) is 8.52. The third kappa shape index (κ3) is 6.61. The van der Waals surface area contributed by atoms with Gasteiger partial charge in [-0.1, -0.05) is 41.6 Å². The monoisotopic (exact) mass is 499 g/mol. The summed E-state index contributed by atoms with van der Waals surface area (Å²) >= 11 is 7.38. The lowest BCUT2D eigenvalue weighted by atomic mass is 10.2. The van der Waals surface area contributed by atoms with Gasteiger partial charge >= 0.3 is 0 Å². The number of nitrogens with zero attached hydrogens (tertiary/aromatic N) is 3. The molecule has 2 aromatic carbocycles. The molecule has 0 spiro atoms. The van der Waals surface area contributed by atoms with Gasteiger partial charge in [0, 0.05) is 12.2 Å². The van der Waals surface area contributed by atoms with Crippen molar-refractivity contribution in [1.29, 1.82) is 0 Å². The van der Waals surface area contributed by atoms with Gasteiger partial charge in [0.25, 0.3) is 5.91 Å². The predicted octanol–water partition coefficient (Wildman–Crippen LogP) is 4.74. The summed E-state index contributed by atoms with van der Waals surface area (Å²) in [5, 5.41) is 15.1. The Balaban J connectivity index is 1.63. The lowest BCUT2D eigenvalue weighted by Crippen LogP contribution is -2.29. The second-order valence-corrected chi connectivity index (χ2v) is 8.56. The summed E-state index contributed by atoms with van der Waals surface area (Å²) in [6, 6.07) is 13.6. The zero-order valence-corrected chi connectivity index (χ0v) is 20.5. The Bertz CT molecular complexity index is 1150. The predicted molar refractivity (Wildman–Crippen MR) is 135 cm³/mol. The van der Waals surface area contributed by atoms with Crippen LogP contribution in [0.15, 0.2) is 66.3 Å². The Labute approximate surface area is 207 Å². The Hall–Kier alpha value is -3.30. The van der Waals surface area contributed by atoms with Crippen LogP contribution in [0.25, 0.3) is 0 Å². The van der Waals surface area contributed by atoms with Crippen LogP contribution in [0.1, 0.15) is 36.1 Å². The first-order valence-corrected chi connectivity index (χ1v) is 12.0. The van der Waals surface area contributed by atoms with E-state index < -0.39 is 6.04 Å². The molecule has 0 aliphatic heterocycles. The van der Waals surface area contributed by atoms with Crippen LogP contribution in [0, 0.1) is 0 Å². The quantitative estimate of drug-likeness (QED) is 0.292. The van der Waals surface area contributed by atoms with Crippen molar-refractivity contribution in [2.45, 2.75) is 31.6 Å². The second-order valence-electron chi connectivity index (χ2n) is 7.21. The van der Waals surface area contributed by atoms with Gasteiger partial charge in [-0.2, -0.15) is 0 Å². The van der Waals surface area contributed by atoms with Crippen molar-refractivity contribution in [2.24, 2.45) is 0 Å². The van der Waals surface area contributed by atoms with Gasteiger partial charge in [0.15, 0.2) is 11.0 Å². The number of hydrogen-bond donors (Lipinski definition) is 2. The molecule has 0 saturated carbocycles. The summed E-state index contributed by atoms with van der Waals surface area (Å²) in [5.41, 5.74) is 1.06. The van der Waals surface area contributed by atoms with Crippen LogP contribution in [0.4, 0.5) is 5.69 Å².